The highest BCUT2D eigenvalue weighted by molar-refractivity contribution is 5.87. The Morgan fingerprint density at radius 1 is 1.15 bits per heavy atom. The molecule has 1 aliphatic rings. The molecule has 2 aromatic heterocycles. The quantitative estimate of drug-likeness (QED) is 0.379. The summed E-state index contributed by atoms with van der Waals surface area (Å²) in [5, 5.41) is 0. The number of likely N-dealkylation sites (tertiary alicyclic amines) is 1. The van der Waals surface area contributed by atoms with Gasteiger partial charge in [0.1, 0.15) is 23.1 Å². The van der Waals surface area contributed by atoms with Crippen molar-refractivity contribution in [2.75, 3.05) is 6.54 Å². The van der Waals surface area contributed by atoms with Crippen LogP contribution < -0.4 is 4.74 Å². The Hall–Kier alpha value is -4.00. The Labute approximate surface area is 191 Å². The minimum atomic E-state index is -0.347. The van der Waals surface area contributed by atoms with Crippen LogP contribution in [-0.2, 0) is 4.79 Å². The molecule has 0 aliphatic carbocycles. The Bertz CT molecular complexity index is 1320. The van der Waals surface area contributed by atoms with E-state index in [0.29, 0.717) is 18.0 Å². The van der Waals surface area contributed by atoms with Gasteiger partial charge in [0, 0.05) is 30.6 Å². The van der Waals surface area contributed by atoms with Crippen molar-refractivity contribution in [1.82, 2.24) is 19.3 Å². The number of hydrogen-bond donors (Lipinski definition) is 0. The second-order valence-corrected chi connectivity index (χ2v) is 7.98. The lowest BCUT2D eigenvalue weighted by Crippen LogP contribution is -2.38. The first-order valence-corrected chi connectivity index (χ1v) is 10.9. The van der Waals surface area contributed by atoms with E-state index in [4.69, 9.17) is 9.72 Å². The number of carbonyl (C=O) groups excluding carboxylic acids is 1. The van der Waals surface area contributed by atoms with Crippen LogP contribution in [-0.4, -0.2) is 31.7 Å². The number of benzene rings is 2. The van der Waals surface area contributed by atoms with Gasteiger partial charge in [-0.2, -0.15) is 0 Å². The second kappa shape index (κ2) is 8.86. The van der Waals surface area contributed by atoms with Crippen LogP contribution in [0.5, 0.6) is 11.5 Å². The lowest BCUT2D eigenvalue weighted by Gasteiger charge is -2.34. The molecule has 1 aliphatic heterocycles. The molecule has 5 rings (SSSR count). The fourth-order valence-corrected chi connectivity index (χ4v) is 4.34. The number of rotatable bonds is 5. The van der Waals surface area contributed by atoms with E-state index in [1.807, 2.05) is 39.8 Å². The summed E-state index contributed by atoms with van der Waals surface area (Å²) in [4.78, 5) is 23.6. The van der Waals surface area contributed by atoms with Crippen molar-refractivity contribution < 1.29 is 13.9 Å². The van der Waals surface area contributed by atoms with Crippen molar-refractivity contribution in [3.63, 3.8) is 0 Å². The number of carbonyl (C=O) groups is 1. The first-order valence-electron chi connectivity index (χ1n) is 10.9. The highest BCUT2D eigenvalue weighted by Crippen LogP contribution is 2.35. The van der Waals surface area contributed by atoms with Crippen LogP contribution in [0.25, 0.3) is 16.8 Å². The van der Waals surface area contributed by atoms with Crippen LogP contribution in [0.3, 0.4) is 0 Å². The average molecular weight is 442 g/mol. The maximum atomic E-state index is 13.4. The molecule has 33 heavy (non-hydrogen) atoms. The van der Waals surface area contributed by atoms with Gasteiger partial charge < -0.3 is 9.64 Å². The minimum Gasteiger partial charge on any atom is -0.457 e. The number of ether oxygens (including phenoxy) is 1. The van der Waals surface area contributed by atoms with Crippen molar-refractivity contribution >= 4 is 11.4 Å². The van der Waals surface area contributed by atoms with Crippen LogP contribution >= 0.6 is 0 Å². The molecule has 166 valence electrons. The summed E-state index contributed by atoms with van der Waals surface area (Å²) in [5.74, 6) is 1.43. The largest absolute Gasteiger partial charge is 0.457 e. The normalized spacial score (nSPS) is 16.0. The second-order valence-electron chi connectivity index (χ2n) is 7.98. The highest BCUT2D eigenvalue weighted by Gasteiger charge is 2.30. The van der Waals surface area contributed by atoms with Crippen LogP contribution in [0.1, 0.15) is 31.1 Å². The Morgan fingerprint density at radius 2 is 2.00 bits per heavy atom. The molecule has 7 heteroatoms. The molecular formula is C26H23FN4O2. The summed E-state index contributed by atoms with van der Waals surface area (Å²) in [5.41, 5.74) is 2.55. The molecule has 0 spiro atoms. The predicted molar refractivity (Wildman–Crippen MR) is 123 cm³/mol. The van der Waals surface area contributed by atoms with Crippen molar-refractivity contribution in [2.45, 2.75) is 25.3 Å². The summed E-state index contributed by atoms with van der Waals surface area (Å²) in [6, 6.07) is 13.4. The third kappa shape index (κ3) is 4.09. The van der Waals surface area contributed by atoms with Gasteiger partial charge in [0.2, 0.25) is 5.91 Å². The maximum absolute atomic E-state index is 13.4. The molecule has 4 aromatic rings. The zero-order valence-corrected chi connectivity index (χ0v) is 18.0. The zero-order chi connectivity index (χ0) is 22.8. The number of nitrogens with zero attached hydrogens (tertiary/aromatic N) is 4. The van der Waals surface area contributed by atoms with Gasteiger partial charge in [-0.15, -0.1) is 0 Å². The van der Waals surface area contributed by atoms with Gasteiger partial charge >= 0.3 is 0 Å². The van der Waals surface area contributed by atoms with Gasteiger partial charge in [0.15, 0.2) is 0 Å². The zero-order valence-electron chi connectivity index (χ0n) is 18.0. The first kappa shape index (κ1) is 20.9. The van der Waals surface area contributed by atoms with Crippen LogP contribution in [0, 0.1) is 5.82 Å². The van der Waals surface area contributed by atoms with Crippen molar-refractivity contribution in [3.8, 4) is 22.8 Å². The summed E-state index contributed by atoms with van der Waals surface area (Å²) in [6.07, 6.45) is 9.61. The predicted octanol–water partition coefficient (Wildman–Crippen LogP) is 5.57. The number of amides is 1. The molecule has 1 fully saturated rings. The molecule has 6 nitrogen and oxygen atoms in total. The molecule has 2 aromatic carbocycles. The smallest absolute Gasteiger partial charge is 0.246 e. The summed E-state index contributed by atoms with van der Waals surface area (Å²) < 4.78 is 21.2. The van der Waals surface area contributed by atoms with Crippen molar-refractivity contribution in [1.29, 1.82) is 0 Å². The van der Waals surface area contributed by atoms with Crippen molar-refractivity contribution in [3.05, 3.63) is 91.4 Å². The van der Waals surface area contributed by atoms with Gasteiger partial charge in [0.05, 0.1) is 23.4 Å². The molecule has 3 heterocycles. The lowest BCUT2D eigenvalue weighted by atomic mass is 10.0. The first-order chi connectivity index (χ1) is 16.1. The fraction of sp³-hybridized carbons (Fsp3) is 0.192. The van der Waals surface area contributed by atoms with Crippen molar-refractivity contribution in [2.24, 2.45) is 0 Å². The van der Waals surface area contributed by atoms with E-state index >= 15 is 0 Å². The van der Waals surface area contributed by atoms with Crippen LogP contribution in [0.15, 0.2) is 79.8 Å². The summed E-state index contributed by atoms with van der Waals surface area (Å²) in [7, 11) is 0. The van der Waals surface area contributed by atoms with Crippen LogP contribution in [0.2, 0.25) is 0 Å². The van der Waals surface area contributed by atoms with E-state index in [1.165, 1.54) is 18.2 Å². The third-order valence-corrected chi connectivity index (χ3v) is 5.89. The van der Waals surface area contributed by atoms with E-state index in [-0.39, 0.29) is 17.8 Å². The molecule has 1 saturated heterocycles. The Kier molecular flexibility index (Phi) is 5.60. The van der Waals surface area contributed by atoms with E-state index in [9.17, 15) is 9.18 Å². The Balaban J connectivity index is 1.50. The van der Waals surface area contributed by atoms with E-state index in [1.54, 1.807) is 24.5 Å². The topological polar surface area (TPSA) is 59.7 Å². The summed E-state index contributed by atoms with van der Waals surface area (Å²) >= 11 is 0. The summed E-state index contributed by atoms with van der Waals surface area (Å²) in [6.45, 7) is 4.35. The lowest BCUT2D eigenvalue weighted by molar-refractivity contribution is -0.129. The maximum Gasteiger partial charge on any atom is 0.246 e. The van der Waals surface area contributed by atoms with E-state index in [0.717, 1.165) is 41.9 Å². The monoisotopic (exact) mass is 442 g/mol. The fourth-order valence-electron chi connectivity index (χ4n) is 4.34. The molecule has 1 atom stereocenters. The number of hydrogen-bond acceptors (Lipinski definition) is 4. The third-order valence-electron chi connectivity index (χ3n) is 5.89. The number of halogens is 1. The average Bonchev–Trinajstić information content (AvgIpc) is 3.24. The van der Waals surface area contributed by atoms with Crippen LogP contribution in [0.4, 0.5) is 4.39 Å². The van der Waals surface area contributed by atoms with E-state index in [2.05, 4.69) is 11.6 Å². The molecule has 0 saturated carbocycles. The van der Waals surface area contributed by atoms with Gasteiger partial charge in [-0.05, 0) is 61.7 Å². The molecule has 1 amide bonds. The molecule has 0 N–H and O–H groups in total. The van der Waals surface area contributed by atoms with Gasteiger partial charge in [-0.1, -0.05) is 12.6 Å². The minimum absolute atomic E-state index is 0.0779. The number of piperidine rings is 1. The highest BCUT2D eigenvalue weighted by atomic mass is 19.1. The number of imidazole rings is 1. The van der Waals surface area contributed by atoms with Gasteiger partial charge in [0.25, 0.3) is 0 Å². The Morgan fingerprint density at radius 3 is 2.79 bits per heavy atom. The molecular weight excluding hydrogens is 419 g/mol. The van der Waals surface area contributed by atoms with Gasteiger partial charge in [-0.25, -0.2) is 9.37 Å². The molecule has 0 radical (unpaired) electrons. The standard InChI is InChI=1S/C26H23FN4O2/c1-2-24(32)30-14-4-3-8-22(30)26-29-25(23-17-28-13-15-31(23)26)18-9-11-20(12-10-18)33-21-7-5-6-19(27)16-21/h2,5-7,9-13,15-17,22H,1,3-4,8,14H2. The SMILES string of the molecule is C=CC(=O)N1CCCCC1c1nc(-c2ccc(Oc3cccc(F)c3)cc2)c2cnccn12. The molecule has 1 unspecified atom stereocenters. The molecule has 0 bridgehead atoms. The number of fused-ring (bicyclic) bond motifs is 1. The number of aromatic nitrogens is 3. The van der Waals surface area contributed by atoms with Gasteiger partial charge in [-0.3, -0.25) is 14.2 Å². The van der Waals surface area contributed by atoms with E-state index < -0.39 is 0 Å².